The maximum atomic E-state index is 10.9. The van der Waals surface area contributed by atoms with Gasteiger partial charge in [0.1, 0.15) is 0 Å². The van der Waals surface area contributed by atoms with Crippen molar-refractivity contribution in [1.82, 2.24) is 10.6 Å². The monoisotopic (exact) mass is 235 g/mol. The molecule has 0 aromatic heterocycles. The molecule has 0 bridgehead atoms. The van der Waals surface area contributed by atoms with Crippen molar-refractivity contribution in [1.29, 1.82) is 0 Å². The van der Waals surface area contributed by atoms with Crippen LogP contribution >= 0.6 is 0 Å². The number of nitrogens with two attached hydrogens (primary N) is 1. The second-order valence-corrected chi connectivity index (χ2v) is 4.56. The van der Waals surface area contributed by atoms with Crippen molar-refractivity contribution in [2.24, 2.45) is 0 Å². The van der Waals surface area contributed by atoms with Crippen molar-refractivity contribution in [3.05, 3.63) is 29.8 Å². The summed E-state index contributed by atoms with van der Waals surface area (Å²) in [6.07, 6.45) is 0.489. The van der Waals surface area contributed by atoms with Gasteiger partial charge >= 0.3 is 6.09 Å². The van der Waals surface area contributed by atoms with Crippen LogP contribution in [0.15, 0.2) is 24.3 Å². The fourth-order valence-corrected chi connectivity index (χ4v) is 2.37. The van der Waals surface area contributed by atoms with E-state index in [1.165, 1.54) is 0 Å². The smallest absolute Gasteiger partial charge is 0.405 e. The van der Waals surface area contributed by atoms with Crippen molar-refractivity contribution < 1.29 is 9.90 Å². The van der Waals surface area contributed by atoms with Crippen LogP contribution in [0.25, 0.3) is 0 Å². The highest BCUT2D eigenvalue weighted by Crippen LogP contribution is 2.21. The Hall–Kier alpha value is -1.75. The molecule has 1 atom stereocenters. The molecule has 1 saturated heterocycles. The van der Waals surface area contributed by atoms with E-state index in [0.29, 0.717) is 18.7 Å². The van der Waals surface area contributed by atoms with Gasteiger partial charge in [-0.2, -0.15) is 0 Å². The molecule has 1 heterocycles. The molecule has 0 unspecified atom stereocenters. The maximum absolute atomic E-state index is 10.9. The van der Waals surface area contributed by atoms with Crippen molar-refractivity contribution in [3.8, 4) is 0 Å². The fourth-order valence-electron chi connectivity index (χ4n) is 2.37. The zero-order valence-electron chi connectivity index (χ0n) is 9.57. The zero-order chi connectivity index (χ0) is 12.3. The van der Waals surface area contributed by atoms with Crippen LogP contribution in [0.2, 0.25) is 0 Å². The maximum Gasteiger partial charge on any atom is 0.405 e. The van der Waals surface area contributed by atoms with Crippen molar-refractivity contribution in [2.45, 2.75) is 18.4 Å². The molecule has 5 N–H and O–H groups in total. The Bertz CT molecular complexity index is 414. The van der Waals surface area contributed by atoms with Crippen LogP contribution in [0.1, 0.15) is 12.0 Å². The Balaban J connectivity index is 2.15. The van der Waals surface area contributed by atoms with Gasteiger partial charge in [-0.25, -0.2) is 4.79 Å². The van der Waals surface area contributed by atoms with E-state index in [2.05, 4.69) is 10.6 Å². The summed E-state index contributed by atoms with van der Waals surface area (Å²) in [5.74, 6) is 0. The number of carboxylic acid groups (broad SMARTS) is 1. The number of benzene rings is 1. The van der Waals surface area contributed by atoms with E-state index in [1.54, 1.807) is 0 Å². The summed E-state index contributed by atoms with van der Waals surface area (Å²) in [5, 5.41) is 14.7. The SMILES string of the molecule is Nc1cccc(C[C@@]2(NC(=O)O)CCNC2)c1. The Morgan fingerprint density at radius 3 is 3.00 bits per heavy atom. The van der Waals surface area contributed by atoms with Gasteiger partial charge < -0.3 is 21.5 Å². The van der Waals surface area contributed by atoms with E-state index in [0.717, 1.165) is 18.5 Å². The van der Waals surface area contributed by atoms with E-state index >= 15 is 0 Å². The molecule has 17 heavy (non-hydrogen) atoms. The number of carbonyl (C=O) groups is 1. The molecule has 1 aromatic rings. The van der Waals surface area contributed by atoms with Gasteiger partial charge in [0.15, 0.2) is 0 Å². The van der Waals surface area contributed by atoms with Gasteiger partial charge in [-0.3, -0.25) is 0 Å². The summed E-state index contributed by atoms with van der Waals surface area (Å²) in [7, 11) is 0. The highest BCUT2D eigenvalue weighted by atomic mass is 16.4. The van der Waals surface area contributed by atoms with Crippen LogP contribution in [0, 0.1) is 0 Å². The molecule has 1 aliphatic heterocycles. The van der Waals surface area contributed by atoms with Crippen molar-refractivity contribution in [3.63, 3.8) is 0 Å². The minimum atomic E-state index is -0.974. The number of nitrogens with one attached hydrogen (secondary N) is 2. The standard InChI is InChI=1S/C12H17N3O2/c13-10-3-1-2-9(6-10)7-12(15-11(16)17)4-5-14-8-12/h1-3,6,14-15H,4-5,7-8,13H2,(H,16,17)/t12-/m0/s1. The average molecular weight is 235 g/mol. The van der Waals surface area contributed by atoms with Gasteiger partial charge in [0, 0.05) is 12.2 Å². The number of nitrogen functional groups attached to an aromatic ring is 1. The van der Waals surface area contributed by atoms with Crippen LogP contribution in [0.3, 0.4) is 0 Å². The number of hydrogen-bond acceptors (Lipinski definition) is 3. The van der Waals surface area contributed by atoms with E-state index in [4.69, 9.17) is 10.8 Å². The Labute approximate surface area is 100 Å². The summed E-state index contributed by atoms with van der Waals surface area (Å²) in [6.45, 7) is 1.50. The molecule has 0 aliphatic carbocycles. The zero-order valence-corrected chi connectivity index (χ0v) is 9.57. The first-order chi connectivity index (χ1) is 8.10. The number of amides is 1. The highest BCUT2D eigenvalue weighted by Gasteiger charge is 2.35. The van der Waals surface area contributed by atoms with E-state index in [9.17, 15) is 4.79 Å². The first-order valence-corrected chi connectivity index (χ1v) is 5.66. The molecule has 1 aliphatic rings. The fraction of sp³-hybridized carbons (Fsp3) is 0.417. The largest absolute Gasteiger partial charge is 0.465 e. The Morgan fingerprint density at radius 1 is 1.59 bits per heavy atom. The molecule has 5 nitrogen and oxygen atoms in total. The summed E-state index contributed by atoms with van der Waals surface area (Å²) < 4.78 is 0. The van der Waals surface area contributed by atoms with Crippen LogP contribution in [0.4, 0.5) is 10.5 Å². The molecule has 0 radical (unpaired) electrons. The molecule has 1 aromatic carbocycles. The molecule has 2 rings (SSSR count). The van der Waals surface area contributed by atoms with Gasteiger partial charge in [-0.1, -0.05) is 12.1 Å². The predicted octanol–water partition coefficient (Wildman–Crippen LogP) is 0.811. The third kappa shape index (κ3) is 2.88. The Morgan fingerprint density at radius 2 is 2.41 bits per heavy atom. The van der Waals surface area contributed by atoms with Gasteiger partial charge in [0.05, 0.1) is 5.54 Å². The van der Waals surface area contributed by atoms with E-state index < -0.39 is 11.6 Å². The topological polar surface area (TPSA) is 87.4 Å². The molecular formula is C12H17N3O2. The number of rotatable bonds is 3. The number of hydrogen-bond donors (Lipinski definition) is 4. The lowest BCUT2D eigenvalue weighted by atomic mass is 9.90. The predicted molar refractivity (Wildman–Crippen MR) is 65.9 cm³/mol. The molecular weight excluding hydrogens is 218 g/mol. The van der Waals surface area contributed by atoms with Crippen LogP contribution < -0.4 is 16.4 Å². The lowest BCUT2D eigenvalue weighted by Crippen LogP contribution is -2.51. The first kappa shape index (κ1) is 11.7. The van der Waals surface area contributed by atoms with Gasteiger partial charge in [0.25, 0.3) is 0 Å². The number of anilines is 1. The van der Waals surface area contributed by atoms with Crippen LogP contribution in [-0.4, -0.2) is 29.8 Å². The average Bonchev–Trinajstić information content (AvgIpc) is 2.65. The van der Waals surface area contributed by atoms with Crippen molar-refractivity contribution in [2.75, 3.05) is 18.8 Å². The minimum Gasteiger partial charge on any atom is -0.465 e. The summed E-state index contributed by atoms with van der Waals surface area (Å²) in [5.41, 5.74) is 7.09. The normalized spacial score (nSPS) is 23.5. The van der Waals surface area contributed by atoms with E-state index in [-0.39, 0.29) is 0 Å². The molecule has 5 heteroatoms. The summed E-state index contributed by atoms with van der Waals surface area (Å²) in [6, 6.07) is 7.58. The highest BCUT2D eigenvalue weighted by molar-refractivity contribution is 5.66. The van der Waals surface area contributed by atoms with Gasteiger partial charge in [-0.15, -0.1) is 0 Å². The molecule has 92 valence electrons. The minimum absolute atomic E-state index is 0.403. The van der Waals surface area contributed by atoms with Gasteiger partial charge in [-0.05, 0) is 37.1 Å². The lowest BCUT2D eigenvalue weighted by molar-refractivity contribution is 0.179. The van der Waals surface area contributed by atoms with Crippen LogP contribution in [-0.2, 0) is 6.42 Å². The molecule has 0 saturated carbocycles. The van der Waals surface area contributed by atoms with E-state index in [1.807, 2.05) is 24.3 Å². The van der Waals surface area contributed by atoms with Crippen molar-refractivity contribution >= 4 is 11.8 Å². The lowest BCUT2D eigenvalue weighted by Gasteiger charge is -2.28. The quantitative estimate of drug-likeness (QED) is 0.584. The third-order valence-electron chi connectivity index (χ3n) is 3.11. The summed E-state index contributed by atoms with van der Waals surface area (Å²) >= 11 is 0. The third-order valence-corrected chi connectivity index (χ3v) is 3.11. The molecule has 1 fully saturated rings. The molecule has 1 amide bonds. The van der Waals surface area contributed by atoms with Gasteiger partial charge in [0.2, 0.25) is 0 Å². The first-order valence-electron chi connectivity index (χ1n) is 5.66. The molecule has 0 spiro atoms. The Kier molecular flexibility index (Phi) is 3.19. The second kappa shape index (κ2) is 4.63. The second-order valence-electron chi connectivity index (χ2n) is 4.56. The summed E-state index contributed by atoms with van der Waals surface area (Å²) in [4.78, 5) is 10.9. The van der Waals surface area contributed by atoms with Crippen LogP contribution in [0.5, 0.6) is 0 Å².